The van der Waals surface area contributed by atoms with Crippen LogP contribution in [0, 0.1) is 0 Å². The molecule has 1 aromatic heterocycles. The number of benzene rings is 2. The summed E-state index contributed by atoms with van der Waals surface area (Å²) >= 11 is 8.92. The molecule has 2 atom stereocenters. The molecule has 3 aromatic rings. The largest absolute Gasteiger partial charge is 0.350 e. The summed E-state index contributed by atoms with van der Waals surface area (Å²) in [5, 5.41) is 8.57. The molecule has 4 rings (SSSR count). The average molecular weight is 458 g/mol. The minimum Gasteiger partial charge on any atom is -0.350 e. The molecule has 0 spiro atoms. The van der Waals surface area contributed by atoms with Gasteiger partial charge in [0, 0.05) is 29.2 Å². The van der Waals surface area contributed by atoms with Crippen molar-refractivity contribution in [3.05, 3.63) is 75.7 Å². The minimum atomic E-state index is -0.281. The Morgan fingerprint density at radius 2 is 2.03 bits per heavy atom. The van der Waals surface area contributed by atoms with Gasteiger partial charge in [-0.25, -0.2) is 4.98 Å². The molecule has 1 aliphatic rings. The maximum absolute atomic E-state index is 12.9. The summed E-state index contributed by atoms with van der Waals surface area (Å²) in [6.07, 6.45) is 2.40. The number of nitrogens with zero attached hydrogens (tertiary/aromatic N) is 1. The van der Waals surface area contributed by atoms with E-state index in [-0.39, 0.29) is 23.1 Å². The molecule has 0 unspecified atom stereocenters. The molecular weight excluding hydrogens is 438 g/mol. The Bertz CT molecular complexity index is 1030. The molecule has 2 N–H and O–H groups in total. The van der Waals surface area contributed by atoms with Crippen molar-refractivity contribution in [2.24, 2.45) is 0 Å². The van der Waals surface area contributed by atoms with Crippen molar-refractivity contribution in [1.82, 2.24) is 15.6 Å². The normalized spacial score (nSPS) is 19.0. The van der Waals surface area contributed by atoms with Crippen molar-refractivity contribution in [3.8, 4) is 11.1 Å². The van der Waals surface area contributed by atoms with Gasteiger partial charge in [0.05, 0.1) is 0 Å². The summed E-state index contributed by atoms with van der Waals surface area (Å²) in [6, 6.07) is 15.6. The number of thioether (sulfide) groups is 1. The Morgan fingerprint density at radius 3 is 2.80 bits per heavy atom. The molecule has 1 fully saturated rings. The number of carbonyl (C=O) groups excluding carboxylic acids is 2. The van der Waals surface area contributed by atoms with Gasteiger partial charge in [-0.3, -0.25) is 9.59 Å². The van der Waals surface area contributed by atoms with Crippen molar-refractivity contribution in [2.75, 3.05) is 12.3 Å². The Labute approximate surface area is 188 Å². The SMILES string of the molecule is O=C(NC[C@@H]1CCS[C@H](c2cccc(-c3ccc(Cl)cc3)c2)C(=O)N1)c1nccs1. The Morgan fingerprint density at radius 1 is 1.20 bits per heavy atom. The zero-order valence-corrected chi connectivity index (χ0v) is 18.4. The molecule has 0 radical (unpaired) electrons. The van der Waals surface area contributed by atoms with E-state index in [1.54, 1.807) is 23.3 Å². The third-order valence-electron chi connectivity index (χ3n) is 4.84. The number of aromatic nitrogens is 1. The fourth-order valence-corrected chi connectivity index (χ4v) is 5.20. The number of hydrogen-bond donors (Lipinski definition) is 2. The Hall–Kier alpha value is -2.35. The lowest BCUT2D eigenvalue weighted by Gasteiger charge is -2.18. The van der Waals surface area contributed by atoms with Gasteiger partial charge < -0.3 is 10.6 Å². The van der Waals surface area contributed by atoms with E-state index >= 15 is 0 Å². The third kappa shape index (κ3) is 5.03. The van der Waals surface area contributed by atoms with Crippen LogP contribution in [-0.4, -0.2) is 35.1 Å². The van der Waals surface area contributed by atoms with E-state index in [1.165, 1.54) is 11.3 Å². The number of rotatable bonds is 5. The molecule has 30 heavy (non-hydrogen) atoms. The minimum absolute atomic E-state index is 0.0285. The highest BCUT2D eigenvalue weighted by molar-refractivity contribution is 8.00. The van der Waals surface area contributed by atoms with Gasteiger partial charge in [-0.05, 0) is 47.1 Å². The topological polar surface area (TPSA) is 71.1 Å². The second-order valence-corrected chi connectivity index (χ2v) is 9.47. The molecule has 8 heteroatoms. The molecule has 0 saturated carbocycles. The van der Waals surface area contributed by atoms with Crippen LogP contribution in [0.25, 0.3) is 11.1 Å². The number of nitrogens with one attached hydrogen (secondary N) is 2. The Kier molecular flexibility index (Phi) is 6.72. The van der Waals surface area contributed by atoms with Gasteiger partial charge in [-0.2, -0.15) is 0 Å². The third-order valence-corrected chi connectivity index (χ3v) is 7.15. The quantitative estimate of drug-likeness (QED) is 0.589. The zero-order chi connectivity index (χ0) is 20.9. The van der Waals surface area contributed by atoms with E-state index in [9.17, 15) is 9.59 Å². The molecule has 1 aliphatic heterocycles. The van der Waals surface area contributed by atoms with E-state index in [2.05, 4.69) is 21.7 Å². The highest BCUT2D eigenvalue weighted by atomic mass is 35.5. The maximum Gasteiger partial charge on any atom is 0.280 e. The lowest BCUT2D eigenvalue weighted by molar-refractivity contribution is -0.121. The van der Waals surface area contributed by atoms with Crippen molar-refractivity contribution >= 4 is 46.5 Å². The van der Waals surface area contributed by atoms with Crippen LogP contribution in [0.3, 0.4) is 0 Å². The predicted octanol–water partition coefficient (Wildman–Crippen LogP) is 4.56. The van der Waals surface area contributed by atoms with E-state index in [0.29, 0.717) is 16.6 Å². The monoisotopic (exact) mass is 457 g/mol. The molecule has 2 aromatic carbocycles. The zero-order valence-electron chi connectivity index (χ0n) is 16.0. The first kappa shape index (κ1) is 20.9. The average Bonchev–Trinajstić information content (AvgIpc) is 3.23. The number of carbonyl (C=O) groups is 2. The standard InChI is InChI=1S/C22H20ClN3O2S2/c23-17-6-4-14(5-7-17)15-2-1-3-16(12-15)19-20(27)26-18(8-10-29-19)13-25-21(28)22-24-9-11-30-22/h1-7,9,11-12,18-19H,8,10,13H2,(H,25,28)(H,26,27)/t18-,19+/m0/s1. The fourth-order valence-electron chi connectivity index (χ4n) is 3.30. The van der Waals surface area contributed by atoms with Crippen molar-refractivity contribution < 1.29 is 9.59 Å². The summed E-state index contributed by atoms with van der Waals surface area (Å²) in [7, 11) is 0. The lowest BCUT2D eigenvalue weighted by atomic mass is 10.0. The molecule has 5 nitrogen and oxygen atoms in total. The number of halogens is 1. The molecule has 2 heterocycles. The van der Waals surface area contributed by atoms with Gasteiger partial charge in [-0.15, -0.1) is 23.1 Å². The van der Waals surface area contributed by atoms with E-state index in [1.807, 2.05) is 42.5 Å². The number of hydrogen-bond acceptors (Lipinski definition) is 5. The van der Waals surface area contributed by atoms with Crippen LogP contribution < -0.4 is 10.6 Å². The van der Waals surface area contributed by atoms with Gasteiger partial charge in [0.2, 0.25) is 5.91 Å². The molecule has 0 aliphatic carbocycles. The van der Waals surface area contributed by atoms with Gasteiger partial charge in [0.1, 0.15) is 5.25 Å². The first-order valence-corrected chi connectivity index (χ1v) is 11.9. The van der Waals surface area contributed by atoms with E-state index in [4.69, 9.17) is 11.6 Å². The van der Waals surface area contributed by atoms with Crippen LogP contribution in [-0.2, 0) is 4.79 Å². The summed E-state index contributed by atoms with van der Waals surface area (Å²) in [6.45, 7) is 0.391. The lowest BCUT2D eigenvalue weighted by Crippen LogP contribution is -2.43. The second-order valence-electron chi connectivity index (χ2n) is 6.92. The van der Waals surface area contributed by atoms with Crippen LogP contribution in [0.15, 0.2) is 60.1 Å². The number of amides is 2. The van der Waals surface area contributed by atoms with Crippen molar-refractivity contribution in [1.29, 1.82) is 0 Å². The molecule has 2 amide bonds. The van der Waals surface area contributed by atoms with E-state index < -0.39 is 0 Å². The van der Waals surface area contributed by atoms with Crippen molar-refractivity contribution in [3.63, 3.8) is 0 Å². The van der Waals surface area contributed by atoms with Crippen LogP contribution in [0.4, 0.5) is 0 Å². The summed E-state index contributed by atoms with van der Waals surface area (Å²) in [5.74, 6) is 0.592. The summed E-state index contributed by atoms with van der Waals surface area (Å²) in [5.41, 5.74) is 3.08. The fraction of sp³-hybridized carbons (Fsp3) is 0.227. The highest BCUT2D eigenvalue weighted by Crippen LogP contribution is 2.34. The second kappa shape index (κ2) is 9.64. The summed E-state index contributed by atoms with van der Waals surface area (Å²) < 4.78 is 0. The van der Waals surface area contributed by atoms with Crippen molar-refractivity contribution in [2.45, 2.75) is 17.7 Å². The first-order valence-electron chi connectivity index (χ1n) is 9.56. The molecule has 0 bridgehead atoms. The van der Waals surface area contributed by atoms with Gasteiger partial charge in [0.15, 0.2) is 5.01 Å². The number of thiazole rings is 1. The molecule has 1 saturated heterocycles. The van der Waals surface area contributed by atoms with Gasteiger partial charge in [-0.1, -0.05) is 41.9 Å². The van der Waals surface area contributed by atoms with Crippen LogP contribution in [0.2, 0.25) is 5.02 Å². The molecule has 154 valence electrons. The van der Waals surface area contributed by atoms with Gasteiger partial charge >= 0.3 is 0 Å². The maximum atomic E-state index is 12.9. The van der Waals surface area contributed by atoms with Crippen LogP contribution in [0.1, 0.15) is 27.0 Å². The highest BCUT2D eigenvalue weighted by Gasteiger charge is 2.28. The van der Waals surface area contributed by atoms with Crippen LogP contribution >= 0.6 is 34.7 Å². The smallest absolute Gasteiger partial charge is 0.280 e. The Balaban J connectivity index is 1.42. The molecular formula is C22H20ClN3O2S2. The summed E-state index contributed by atoms with van der Waals surface area (Å²) in [4.78, 5) is 29.0. The van der Waals surface area contributed by atoms with Crippen LogP contribution in [0.5, 0.6) is 0 Å². The van der Waals surface area contributed by atoms with E-state index in [0.717, 1.165) is 28.9 Å². The predicted molar refractivity (Wildman–Crippen MR) is 123 cm³/mol. The van der Waals surface area contributed by atoms with Gasteiger partial charge in [0.25, 0.3) is 5.91 Å². The first-order chi connectivity index (χ1) is 14.6.